The summed E-state index contributed by atoms with van der Waals surface area (Å²) >= 11 is 1.64. The molecule has 2 atom stereocenters. The number of piperidine rings is 1. The highest BCUT2D eigenvalue weighted by Gasteiger charge is 2.17. The number of likely N-dealkylation sites (tertiary alicyclic amines) is 1. The molecule has 1 aliphatic heterocycles. The van der Waals surface area contributed by atoms with E-state index in [4.69, 9.17) is 0 Å². The second kappa shape index (κ2) is 9.35. The van der Waals surface area contributed by atoms with Gasteiger partial charge in [0.2, 0.25) is 0 Å². The van der Waals surface area contributed by atoms with E-state index in [2.05, 4.69) is 45.6 Å². The number of rotatable bonds is 6. The predicted molar refractivity (Wildman–Crippen MR) is 111 cm³/mol. The van der Waals surface area contributed by atoms with E-state index in [0.717, 1.165) is 23.9 Å². The molecule has 142 valence electrons. The van der Waals surface area contributed by atoms with E-state index in [-0.39, 0.29) is 0 Å². The quantitative estimate of drug-likeness (QED) is 0.537. The van der Waals surface area contributed by atoms with Crippen molar-refractivity contribution < 1.29 is 5.11 Å². The third kappa shape index (κ3) is 4.96. The van der Waals surface area contributed by atoms with E-state index in [9.17, 15) is 5.11 Å². The maximum absolute atomic E-state index is 10.5. The normalized spacial score (nSPS) is 20.3. The zero-order valence-corrected chi connectivity index (χ0v) is 16.6. The first-order valence-electron chi connectivity index (χ1n) is 9.52. The lowest BCUT2D eigenvalue weighted by Gasteiger charge is -2.33. The van der Waals surface area contributed by atoms with Crippen LogP contribution in [0.1, 0.15) is 37.2 Å². The lowest BCUT2D eigenvalue weighted by Crippen LogP contribution is -2.45. The summed E-state index contributed by atoms with van der Waals surface area (Å²) in [5.74, 6) is 0.745. The van der Waals surface area contributed by atoms with Crippen molar-refractivity contribution in [3.63, 3.8) is 0 Å². The molecule has 1 aromatic heterocycles. The summed E-state index contributed by atoms with van der Waals surface area (Å²) in [4.78, 5) is 7.79. The molecule has 3 rings (SSSR count). The number of aliphatic hydroxyl groups is 1. The largest absolute Gasteiger partial charge is 0.386 e. The Balaban J connectivity index is 1.44. The molecule has 6 heteroatoms. The monoisotopic (exact) mass is 374 g/mol. The summed E-state index contributed by atoms with van der Waals surface area (Å²) in [6, 6.07) is 11.0. The van der Waals surface area contributed by atoms with Gasteiger partial charge in [-0.1, -0.05) is 24.6 Å². The average molecular weight is 375 g/mol. The van der Waals surface area contributed by atoms with E-state index in [1.165, 1.54) is 35.9 Å². The van der Waals surface area contributed by atoms with Gasteiger partial charge in [-0.3, -0.25) is 9.89 Å². The van der Waals surface area contributed by atoms with Crippen molar-refractivity contribution in [2.24, 2.45) is 4.99 Å². The highest BCUT2D eigenvalue weighted by atomic mass is 32.1. The number of aliphatic imine (C=N–C) groups is 1. The molecule has 26 heavy (non-hydrogen) atoms. The first-order valence-corrected chi connectivity index (χ1v) is 10.3. The molecule has 0 aliphatic carbocycles. The Hall–Kier alpha value is -1.63. The van der Waals surface area contributed by atoms with Gasteiger partial charge in [-0.25, -0.2) is 0 Å². The highest BCUT2D eigenvalue weighted by molar-refractivity contribution is 7.19. The van der Waals surface area contributed by atoms with Gasteiger partial charge in [-0.15, -0.1) is 11.3 Å². The van der Waals surface area contributed by atoms with Crippen LogP contribution in [0.4, 0.5) is 0 Å². The van der Waals surface area contributed by atoms with Gasteiger partial charge in [0, 0.05) is 42.3 Å². The second-order valence-corrected chi connectivity index (χ2v) is 8.08. The lowest BCUT2D eigenvalue weighted by atomic mass is 10.0. The number of nitrogens with one attached hydrogen (secondary N) is 2. The first-order chi connectivity index (χ1) is 12.7. The molecule has 0 bridgehead atoms. The predicted octanol–water partition coefficient (Wildman–Crippen LogP) is 2.97. The number of hydrogen-bond acceptors (Lipinski definition) is 4. The standard InChI is InChI=1S/C20H30N4OS/c1-15-7-5-6-11-24(15)12-10-22-20(21-2)23-14-17(25)19-13-16-8-3-4-9-18(16)26-19/h3-4,8-9,13,15,17,25H,5-7,10-12,14H2,1-2H3,(H2,21,22,23). The fraction of sp³-hybridized carbons (Fsp3) is 0.550. The number of nitrogens with zero attached hydrogens (tertiary/aromatic N) is 2. The van der Waals surface area contributed by atoms with Gasteiger partial charge in [-0.05, 0) is 43.8 Å². The minimum atomic E-state index is -0.534. The van der Waals surface area contributed by atoms with Crippen molar-refractivity contribution in [1.82, 2.24) is 15.5 Å². The Bertz CT molecular complexity index is 696. The summed E-state index contributed by atoms with van der Waals surface area (Å²) in [7, 11) is 1.77. The van der Waals surface area contributed by atoms with Crippen LogP contribution in [0.2, 0.25) is 0 Å². The third-order valence-corrected chi connectivity index (χ3v) is 6.31. The van der Waals surface area contributed by atoms with Gasteiger partial charge < -0.3 is 15.7 Å². The minimum absolute atomic E-state index is 0.451. The molecular weight excluding hydrogens is 344 g/mol. The Labute approximate surface area is 160 Å². The molecule has 0 spiro atoms. The number of benzene rings is 1. The second-order valence-electron chi connectivity index (χ2n) is 6.96. The van der Waals surface area contributed by atoms with Crippen LogP contribution in [0.25, 0.3) is 10.1 Å². The smallest absolute Gasteiger partial charge is 0.191 e. The van der Waals surface area contributed by atoms with Crippen LogP contribution in [-0.2, 0) is 0 Å². The average Bonchev–Trinajstić information content (AvgIpc) is 3.10. The number of hydrogen-bond donors (Lipinski definition) is 3. The van der Waals surface area contributed by atoms with Crippen molar-refractivity contribution in [1.29, 1.82) is 0 Å². The summed E-state index contributed by atoms with van der Waals surface area (Å²) in [6.45, 7) is 5.85. The van der Waals surface area contributed by atoms with Gasteiger partial charge in [0.05, 0.1) is 0 Å². The van der Waals surface area contributed by atoms with E-state index in [1.54, 1.807) is 18.4 Å². The number of thiophene rings is 1. The fourth-order valence-electron chi connectivity index (χ4n) is 3.49. The van der Waals surface area contributed by atoms with Gasteiger partial charge in [0.25, 0.3) is 0 Å². The van der Waals surface area contributed by atoms with Crippen LogP contribution in [0, 0.1) is 0 Å². The summed E-state index contributed by atoms with van der Waals surface area (Å²) < 4.78 is 1.21. The number of aliphatic hydroxyl groups excluding tert-OH is 1. The molecule has 2 heterocycles. The van der Waals surface area contributed by atoms with E-state index in [1.807, 2.05) is 12.1 Å². The molecule has 2 aromatic rings. The van der Waals surface area contributed by atoms with E-state index < -0.39 is 6.10 Å². The highest BCUT2D eigenvalue weighted by Crippen LogP contribution is 2.29. The Morgan fingerprint density at radius 2 is 2.19 bits per heavy atom. The zero-order chi connectivity index (χ0) is 18.4. The van der Waals surface area contributed by atoms with Crippen LogP contribution in [0.3, 0.4) is 0 Å². The minimum Gasteiger partial charge on any atom is -0.386 e. The molecule has 2 unspecified atom stereocenters. The van der Waals surface area contributed by atoms with Crippen LogP contribution in [0.5, 0.6) is 0 Å². The number of fused-ring (bicyclic) bond motifs is 1. The molecule has 1 fully saturated rings. The van der Waals surface area contributed by atoms with Crippen molar-refractivity contribution in [3.05, 3.63) is 35.2 Å². The van der Waals surface area contributed by atoms with E-state index >= 15 is 0 Å². The summed E-state index contributed by atoms with van der Waals surface area (Å²) in [6.07, 6.45) is 3.42. The molecule has 0 saturated carbocycles. The topological polar surface area (TPSA) is 59.9 Å². The van der Waals surface area contributed by atoms with Crippen LogP contribution >= 0.6 is 11.3 Å². The molecule has 5 nitrogen and oxygen atoms in total. The van der Waals surface area contributed by atoms with Crippen LogP contribution in [-0.4, -0.2) is 55.2 Å². The molecule has 1 saturated heterocycles. The first kappa shape index (κ1) is 19.1. The van der Waals surface area contributed by atoms with Crippen molar-refractivity contribution in [3.8, 4) is 0 Å². The van der Waals surface area contributed by atoms with Gasteiger partial charge >= 0.3 is 0 Å². The number of guanidine groups is 1. The molecule has 0 amide bonds. The lowest BCUT2D eigenvalue weighted by molar-refractivity contribution is 0.163. The molecule has 3 N–H and O–H groups in total. The Morgan fingerprint density at radius 3 is 2.96 bits per heavy atom. The maximum Gasteiger partial charge on any atom is 0.191 e. The fourth-order valence-corrected chi connectivity index (χ4v) is 4.54. The maximum atomic E-state index is 10.5. The Morgan fingerprint density at radius 1 is 1.35 bits per heavy atom. The van der Waals surface area contributed by atoms with Crippen molar-refractivity contribution in [2.75, 3.05) is 33.2 Å². The summed E-state index contributed by atoms with van der Waals surface area (Å²) in [5.41, 5.74) is 0. The Kier molecular flexibility index (Phi) is 6.88. The van der Waals surface area contributed by atoms with Gasteiger partial charge in [-0.2, -0.15) is 0 Å². The van der Waals surface area contributed by atoms with Crippen LogP contribution < -0.4 is 10.6 Å². The molecule has 1 aromatic carbocycles. The van der Waals surface area contributed by atoms with E-state index in [0.29, 0.717) is 12.6 Å². The SMILES string of the molecule is CN=C(NCCN1CCCCC1C)NCC(O)c1cc2ccccc2s1. The van der Waals surface area contributed by atoms with Gasteiger partial charge in [0.1, 0.15) is 6.10 Å². The molecule has 1 aliphatic rings. The zero-order valence-electron chi connectivity index (χ0n) is 15.7. The van der Waals surface area contributed by atoms with Crippen molar-refractivity contribution >= 4 is 27.4 Å². The molecule has 0 radical (unpaired) electrons. The van der Waals surface area contributed by atoms with Crippen molar-refractivity contribution in [2.45, 2.75) is 38.3 Å². The van der Waals surface area contributed by atoms with Gasteiger partial charge in [0.15, 0.2) is 5.96 Å². The van der Waals surface area contributed by atoms with Crippen LogP contribution in [0.15, 0.2) is 35.3 Å². The third-order valence-electron chi connectivity index (χ3n) is 5.09. The molecular formula is C20H30N4OS. The summed E-state index contributed by atoms with van der Waals surface area (Å²) in [5, 5.41) is 18.3.